The summed E-state index contributed by atoms with van der Waals surface area (Å²) in [5.74, 6) is -0.392. The summed E-state index contributed by atoms with van der Waals surface area (Å²) in [6, 6.07) is 10.1. The number of unbranched alkanes of at least 4 members (excludes halogenated alkanes) is 5. The van der Waals surface area contributed by atoms with E-state index >= 15 is 0 Å². The van der Waals surface area contributed by atoms with Crippen LogP contribution in [0.3, 0.4) is 0 Å². The zero-order chi connectivity index (χ0) is 25.2. The van der Waals surface area contributed by atoms with Crippen molar-refractivity contribution in [3.05, 3.63) is 48.5 Å². The Kier molecular flexibility index (Phi) is 25.8. The third kappa shape index (κ3) is 18.3. The third-order valence-corrected chi connectivity index (χ3v) is 6.85. The largest absolute Gasteiger partial charge is 1.00 e. The molecule has 16 heteroatoms. The van der Waals surface area contributed by atoms with Gasteiger partial charge in [-0.1, -0.05) is 49.9 Å². The molecule has 0 atom stereocenters. The molecule has 2 aromatic rings. The number of carbonyl (C=O) groups is 2. The van der Waals surface area contributed by atoms with Crippen LogP contribution < -0.4 is 159 Å². The number of benzene rings is 2. The SMILES string of the molecule is O=C(CCCCCCCCC(=O)Nc1ccc(P(=O)([O-])[O-])cc1)Nc1ccc(P(=O)([O-])[O-])cc1.[Na+].[Na+].[Na+].[Na+]. The number of nitrogens with one attached hydrogen (secondary N) is 2. The zero-order valence-electron chi connectivity index (χ0n) is 22.4. The molecule has 0 aliphatic rings. The number of anilines is 2. The first-order valence-electron chi connectivity index (χ1n) is 10.8. The van der Waals surface area contributed by atoms with Crippen LogP contribution in [0.15, 0.2) is 48.5 Å². The molecule has 0 fully saturated rings. The van der Waals surface area contributed by atoms with Gasteiger partial charge in [0.15, 0.2) is 0 Å². The Morgan fingerprint density at radius 1 is 0.526 bits per heavy atom. The summed E-state index contributed by atoms with van der Waals surface area (Å²) in [7, 11) is -9.59. The molecule has 38 heavy (non-hydrogen) atoms. The van der Waals surface area contributed by atoms with Gasteiger partial charge in [-0.05, 0) is 62.9 Å². The van der Waals surface area contributed by atoms with Gasteiger partial charge < -0.3 is 39.3 Å². The van der Waals surface area contributed by atoms with E-state index in [9.17, 15) is 38.3 Å². The van der Waals surface area contributed by atoms with Crippen molar-refractivity contribution in [2.24, 2.45) is 0 Å². The van der Waals surface area contributed by atoms with E-state index in [1.807, 2.05) is 0 Å². The molecule has 0 radical (unpaired) electrons. The minimum atomic E-state index is -4.80. The predicted molar refractivity (Wildman–Crippen MR) is 122 cm³/mol. The summed E-state index contributed by atoms with van der Waals surface area (Å²) in [4.78, 5) is 67.6. The molecule has 0 heterocycles. The Morgan fingerprint density at radius 3 is 1.05 bits per heavy atom. The van der Waals surface area contributed by atoms with Crippen molar-refractivity contribution in [1.82, 2.24) is 0 Å². The Hall–Kier alpha value is 1.68. The Balaban J connectivity index is -0.00000306. The number of hydrogen-bond acceptors (Lipinski definition) is 8. The molecule has 0 aliphatic carbocycles. The van der Waals surface area contributed by atoms with Gasteiger partial charge >= 0.3 is 118 Å². The average Bonchev–Trinajstić information content (AvgIpc) is 2.75. The molecule has 0 aromatic heterocycles. The van der Waals surface area contributed by atoms with E-state index in [1.54, 1.807) is 0 Å². The summed E-state index contributed by atoms with van der Waals surface area (Å²) < 4.78 is 21.8. The topological polar surface area (TPSA) is 185 Å². The molecule has 2 N–H and O–H groups in total. The fourth-order valence-electron chi connectivity index (χ4n) is 3.18. The maximum Gasteiger partial charge on any atom is 1.00 e. The maximum atomic E-state index is 11.9. The van der Waals surface area contributed by atoms with Crippen LogP contribution in [0, 0.1) is 0 Å². The van der Waals surface area contributed by atoms with Gasteiger partial charge in [0.25, 0.3) is 0 Å². The second kappa shape index (κ2) is 22.3. The molecule has 0 saturated heterocycles. The van der Waals surface area contributed by atoms with E-state index in [0.29, 0.717) is 37.1 Å². The number of amides is 2. The second-order valence-corrected chi connectivity index (χ2v) is 10.8. The molecular formula is C22H26N2Na4O8P2. The molecule has 0 unspecified atom stereocenters. The number of rotatable bonds is 13. The molecule has 10 nitrogen and oxygen atoms in total. The van der Waals surface area contributed by atoms with Crippen molar-refractivity contribution in [2.45, 2.75) is 51.4 Å². The molecule has 0 spiro atoms. The van der Waals surface area contributed by atoms with Crippen LogP contribution in [-0.4, -0.2) is 11.8 Å². The molecule has 2 rings (SSSR count). The van der Waals surface area contributed by atoms with Crippen LogP contribution in [-0.2, 0) is 18.7 Å². The summed E-state index contributed by atoms with van der Waals surface area (Å²) >= 11 is 0. The molecule has 0 saturated carbocycles. The molecule has 186 valence electrons. The minimum absolute atomic E-state index is 0. The molecule has 0 bridgehead atoms. The first-order valence-corrected chi connectivity index (χ1v) is 13.9. The van der Waals surface area contributed by atoms with E-state index in [4.69, 9.17) is 0 Å². The molecule has 0 aliphatic heterocycles. The Bertz CT molecular complexity index is 979. The maximum absolute atomic E-state index is 11.9. The van der Waals surface area contributed by atoms with Crippen molar-refractivity contribution < 1.29 is 157 Å². The van der Waals surface area contributed by atoms with E-state index in [-0.39, 0.29) is 141 Å². The summed E-state index contributed by atoms with van der Waals surface area (Å²) in [5.41, 5.74) is 0.847. The molecule has 2 aromatic carbocycles. The number of hydrogen-bond donors (Lipinski definition) is 2. The molecular weight excluding hydrogens is 574 g/mol. The van der Waals surface area contributed by atoms with Crippen LogP contribution in [0.4, 0.5) is 11.4 Å². The van der Waals surface area contributed by atoms with E-state index < -0.39 is 15.2 Å². The summed E-state index contributed by atoms with van der Waals surface area (Å²) in [6.45, 7) is 0. The summed E-state index contributed by atoms with van der Waals surface area (Å²) in [6.07, 6.45) is 5.55. The Morgan fingerprint density at radius 2 is 0.789 bits per heavy atom. The van der Waals surface area contributed by atoms with E-state index in [2.05, 4.69) is 10.6 Å². The minimum Gasteiger partial charge on any atom is -0.807 e. The quantitative estimate of drug-likeness (QED) is 0.129. The van der Waals surface area contributed by atoms with Gasteiger partial charge in [-0.2, -0.15) is 0 Å². The average molecular weight is 600 g/mol. The van der Waals surface area contributed by atoms with Crippen LogP contribution in [0.25, 0.3) is 0 Å². The monoisotopic (exact) mass is 600 g/mol. The Labute approximate surface area is 311 Å². The second-order valence-electron chi connectivity index (χ2n) is 7.81. The van der Waals surface area contributed by atoms with Gasteiger partial charge in [0.05, 0.1) is 0 Å². The zero-order valence-corrected chi connectivity index (χ0v) is 32.2. The van der Waals surface area contributed by atoms with Crippen LogP contribution >= 0.6 is 15.2 Å². The molecule has 2 amide bonds. The van der Waals surface area contributed by atoms with Crippen molar-refractivity contribution in [3.63, 3.8) is 0 Å². The summed E-state index contributed by atoms with van der Waals surface area (Å²) in [5, 5.41) is 4.66. The van der Waals surface area contributed by atoms with E-state index in [0.717, 1.165) is 49.9 Å². The van der Waals surface area contributed by atoms with Gasteiger partial charge in [-0.25, -0.2) is 0 Å². The fourth-order valence-corrected chi connectivity index (χ4v) is 4.21. The third-order valence-electron chi connectivity index (χ3n) is 4.99. The van der Waals surface area contributed by atoms with Crippen molar-refractivity contribution >= 4 is 49.0 Å². The van der Waals surface area contributed by atoms with Gasteiger partial charge in [0, 0.05) is 24.2 Å². The van der Waals surface area contributed by atoms with Crippen molar-refractivity contribution in [1.29, 1.82) is 0 Å². The first kappa shape index (κ1) is 44.1. The van der Waals surface area contributed by atoms with Crippen LogP contribution in [0.5, 0.6) is 0 Å². The predicted octanol–water partition coefficient (Wildman–Crippen LogP) is -11.5. The van der Waals surface area contributed by atoms with Gasteiger partial charge in [-0.15, -0.1) is 0 Å². The number of carbonyl (C=O) groups excluding carboxylic acids is 2. The standard InChI is InChI=1S/C22H30N2O8P2.4Na/c25-21(23-17-9-13-19(14-10-17)33(27,28)29)7-5-3-1-2-4-6-8-22(26)24-18-11-15-20(16-12-18)34(30,31)32;;;;/h9-16H,1-8H2,(H,23,25)(H,24,26)(H2,27,28,29)(H2,30,31,32);;;;/q;4*+1/p-4. The van der Waals surface area contributed by atoms with Crippen molar-refractivity contribution in [2.75, 3.05) is 10.6 Å². The first-order chi connectivity index (χ1) is 15.9. The van der Waals surface area contributed by atoms with Crippen molar-refractivity contribution in [3.8, 4) is 0 Å². The van der Waals surface area contributed by atoms with Crippen LogP contribution in [0.1, 0.15) is 51.4 Å². The van der Waals surface area contributed by atoms with E-state index in [1.165, 1.54) is 24.3 Å². The van der Waals surface area contributed by atoms with Gasteiger partial charge in [0.1, 0.15) is 0 Å². The normalized spacial score (nSPS) is 10.5. The fraction of sp³-hybridized carbons (Fsp3) is 0.364. The van der Waals surface area contributed by atoms with Gasteiger partial charge in [0.2, 0.25) is 11.8 Å². The van der Waals surface area contributed by atoms with Gasteiger partial charge in [-0.3, -0.25) is 9.59 Å². The van der Waals surface area contributed by atoms with Crippen LogP contribution in [0.2, 0.25) is 0 Å². The smallest absolute Gasteiger partial charge is 0.807 e.